The van der Waals surface area contributed by atoms with Gasteiger partial charge in [0.25, 0.3) is 0 Å². The monoisotopic (exact) mass is 241 g/mol. The Morgan fingerprint density at radius 2 is 2.06 bits per heavy atom. The van der Waals surface area contributed by atoms with Crippen molar-refractivity contribution >= 4 is 23.0 Å². The Balaban J connectivity index is 2.99. The van der Waals surface area contributed by atoms with Gasteiger partial charge in [-0.05, 0) is 20.3 Å². The first-order chi connectivity index (χ1) is 7.54. The van der Waals surface area contributed by atoms with Crippen LogP contribution < -0.4 is 0 Å². The van der Waals surface area contributed by atoms with E-state index in [0.717, 1.165) is 30.7 Å². The molecule has 0 aromatic rings. The SMILES string of the molecule is CCCCN1C(=S)C(OC)C(=O)C(C)=C1C. The van der Waals surface area contributed by atoms with Crippen molar-refractivity contribution in [2.45, 2.75) is 39.7 Å². The maximum absolute atomic E-state index is 11.9. The Kier molecular flexibility index (Phi) is 4.62. The second-order valence-electron chi connectivity index (χ2n) is 4.03. The summed E-state index contributed by atoms with van der Waals surface area (Å²) in [4.78, 5) is 14.5. The maximum atomic E-state index is 11.9. The summed E-state index contributed by atoms with van der Waals surface area (Å²) in [5.74, 6) is -0.00208. The third kappa shape index (κ3) is 2.33. The fourth-order valence-electron chi connectivity index (χ4n) is 1.80. The van der Waals surface area contributed by atoms with Gasteiger partial charge >= 0.3 is 0 Å². The summed E-state index contributed by atoms with van der Waals surface area (Å²) in [7, 11) is 1.53. The van der Waals surface area contributed by atoms with Gasteiger partial charge < -0.3 is 9.64 Å². The lowest BCUT2D eigenvalue weighted by Crippen LogP contribution is -2.47. The Bertz CT molecular complexity index is 336. The van der Waals surface area contributed by atoms with Crippen LogP contribution in [0.25, 0.3) is 0 Å². The molecule has 90 valence electrons. The molecule has 0 radical (unpaired) electrons. The molecule has 0 amide bonds. The van der Waals surface area contributed by atoms with Crippen molar-refractivity contribution in [3.05, 3.63) is 11.3 Å². The molecule has 1 aliphatic rings. The van der Waals surface area contributed by atoms with Gasteiger partial charge in [-0.15, -0.1) is 0 Å². The van der Waals surface area contributed by atoms with Gasteiger partial charge in [0.15, 0.2) is 11.9 Å². The molecular formula is C12H19NO2S. The number of hydrogen-bond donors (Lipinski definition) is 0. The third-order valence-corrected chi connectivity index (χ3v) is 3.45. The number of carbonyl (C=O) groups is 1. The highest BCUT2D eigenvalue weighted by atomic mass is 32.1. The van der Waals surface area contributed by atoms with Gasteiger partial charge in [-0.25, -0.2) is 0 Å². The van der Waals surface area contributed by atoms with Crippen LogP contribution in [0.1, 0.15) is 33.6 Å². The van der Waals surface area contributed by atoms with Crippen molar-refractivity contribution in [3.63, 3.8) is 0 Å². The molecule has 1 aliphatic heterocycles. The second kappa shape index (κ2) is 5.55. The molecule has 0 aromatic carbocycles. The normalized spacial score (nSPS) is 22.0. The van der Waals surface area contributed by atoms with Crippen LogP contribution in [0.4, 0.5) is 0 Å². The van der Waals surface area contributed by atoms with Crippen LogP contribution in [0.5, 0.6) is 0 Å². The minimum atomic E-state index is -0.574. The average Bonchev–Trinajstić information content (AvgIpc) is 2.27. The van der Waals surface area contributed by atoms with Crippen molar-refractivity contribution in [1.29, 1.82) is 0 Å². The fraction of sp³-hybridized carbons (Fsp3) is 0.667. The number of Topliss-reactive ketones (excluding diaryl/α,β-unsaturated/α-hetero) is 1. The van der Waals surface area contributed by atoms with Gasteiger partial charge in [-0.3, -0.25) is 4.79 Å². The van der Waals surface area contributed by atoms with E-state index in [1.165, 1.54) is 7.11 Å². The van der Waals surface area contributed by atoms with Gasteiger partial charge in [0.1, 0.15) is 4.99 Å². The fourth-order valence-corrected chi connectivity index (χ4v) is 2.23. The van der Waals surface area contributed by atoms with E-state index in [0.29, 0.717) is 4.99 Å². The van der Waals surface area contributed by atoms with Crippen molar-refractivity contribution in [3.8, 4) is 0 Å². The quantitative estimate of drug-likeness (QED) is 0.706. The summed E-state index contributed by atoms with van der Waals surface area (Å²) >= 11 is 5.31. The van der Waals surface area contributed by atoms with Crippen molar-refractivity contribution in [2.24, 2.45) is 0 Å². The van der Waals surface area contributed by atoms with E-state index in [2.05, 4.69) is 6.92 Å². The Hall–Kier alpha value is -0.740. The minimum absolute atomic E-state index is 0.00208. The molecule has 1 rings (SSSR count). The molecule has 0 fully saturated rings. The number of unbranched alkanes of at least 4 members (excludes halogenated alkanes) is 1. The molecule has 1 atom stereocenters. The smallest absolute Gasteiger partial charge is 0.195 e. The van der Waals surface area contributed by atoms with E-state index in [1.54, 1.807) is 0 Å². The number of hydrogen-bond acceptors (Lipinski definition) is 3. The lowest BCUT2D eigenvalue weighted by atomic mass is 10.00. The van der Waals surface area contributed by atoms with Crippen molar-refractivity contribution < 1.29 is 9.53 Å². The van der Waals surface area contributed by atoms with Crippen LogP contribution in [0.3, 0.4) is 0 Å². The van der Waals surface area contributed by atoms with Crippen LogP contribution >= 0.6 is 12.2 Å². The van der Waals surface area contributed by atoms with Crippen LogP contribution in [0.2, 0.25) is 0 Å². The number of carbonyl (C=O) groups excluding carboxylic acids is 1. The zero-order chi connectivity index (χ0) is 12.3. The molecule has 16 heavy (non-hydrogen) atoms. The number of rotatable bonds is 4. The van der Waals surface area contributed by atoms with Crippen LogP contribution in [0.15, 0.2) is 11.3 Å². The van der Waals surface area contributed by atoms with E-state index in [1.807, 2.05) is 18.7 Å². The number of nitrogens with zero attached hydrogens (tertiary/aromatic N) is 1. The molecular weight excluding hydrogens is 222 g/mol. The van der Waals surface area contributed by atoms with E-state index >= 15 is 0 Å². The number of thiocarbonyl (C=S) groups is 1. The summed E-state index contributed by atoms with van der Waals surface area (Å²) < 4.78 is 5.18. The number of methoxy groups -OCH3 is 1. The Morgan fingerprint density at radius 1 is 1.44 bits per heavy atom. The molecule has 0 saturated carbocycles. The second-order valence-corrected chi connectivity index (χ2v) is 4.45. The predicted molar refractivity (Wildman–Crippen MR) is 68.4 cm³/mol. The molecule has 4 heteroatoms. The van der Waals surface area contributed by atoms with Gasteiger partial charge in [0.2, 0.25) is 0 Å². The summed E-state index contributed by atoms with van der Waals surface area (Å²) in [6.45, 7) is 6.79. The summed E-state index contributed by atoms with van der Waals surface area (Å²) in [5.41, 5.74) is 1.73. The van der Waals surface area contributed by atoms with Crippen molar-refractivity contribution in [2.75, 3.05) is 13.7 Å². The molecule has 0 bridgehead atoms. The van der Waals surface area contributed by atoms with Gasteiger partial charge in [-0.1, -0.05) is 25.6 Å². The van der Waals surface area contributed by atoms with Crippen molar-refractivity contribution in [1.82, 2.24) is 4.90 Å². The zero-order valence-corrected chi connectivity index (χ0v) is 11.2. The lowest BCUT2D eigenvalue weighted by molar-refractivity contribution is -0.122. The number of ether oxygens (including phenoxy) is 1. The van der Waals surface area contributed by atoms with E-state index in [4.69, 9.17) is 17.0 Å². The summed E-state index contributed by atoms with van der Waals surface area (Å²) in [5, 5.41) is 0. The standard InChI is InChI=1S/C12H19NO2S/c1-5-6-7-13-9(3)8(2)10(14)11(15-4)12(13)16/h11H,5-7H2,1-4H3. The van der Waals surface area contributed by atoms with E-state index < -0.39 is 6.10 Å². The van der Waals surface area contributed by atoms with Gasteiger partial charge in [-0.2, -0.15) is 0 Å². The van der Waals surface area contributed by atoms with Crippen LogP contribution in [-0.4, -0.2) is 35.4 Å². The molecule has 0 saturated heterocycles. The molecule has 0 aromatic heterocycles. The third-order valence-electron chi connectivity index (χ3n) is 3.02. The van der Waals surface area contributed by atoms with Crippen LogP contribution in [0, 0.1) is 0 Å². The number of ketones is 1. The topological polar surface area (TPSA) is 29.5 Å². The predicted octanol–water partition coefficient (Wildman–Crippen LogP) is 2.31. The zero-order valence-electron chi connectivity index (χ0n) is 10.4. The molecule has 3 nitrogen and oxygen atoms in total. The van der Waals surface area contributed by atoms with Gasteiger partial charge in [0.05, 0.1) is 0 Å². The molecule has 0 N–H and O–H groups in total. The molecule has 0 aliphatic carbocycles. The average molecular weight is 241 g/mol. The van der Waals surface area contributed by atoms with Gasteiger partial charge in [0, 0.05) is 24.9 Å². The number of allylic oxidation sites excluding steroid dienone is 1. The maximum Gasteiger partial charge on any atom is 0.195 e. The first-order valence-corrected chi connectivity index (χ1v) is 6.01. The Labute approximate surface area is 102 Å². The summed E-state index contributed by atoms with van der Waals surface area (Å²) in [6, 6.07) is 0. The Morgan fingerprint density at radius 3 is 2.56 bits per heavy atom. The first-order valence-electron chi connectivity index (χ1n) is 5.60. The lowest BCUT2D eigenvalue weighted by Gasteiger charge is -2.35. The largest absolute Gasteiger partial charge is 0.366 e. The highest BCUT2D eigenvalue weighted by molar-refractivity contribution is 7.80. The molecule has 0 spiro atoms. The van der Waals surface area contributed by atoms with Crippen LogP contribution in [-0.2, 0) is 9.53 Å². The highest BCUT2D eigenvalue weighted by Gasteiger charge is 2.34. The summed E-state index contributed by atoms with van der Waals surface area (Å²) in [6.07, 6.45) is 1.60. The van der Waals surface area contributed by atoms with E-state index in [-0.39, 0.29) is 5.78 Å². The first kappa shape index (κ1) is 13.3. The molecule has 1 unspecified atom stereocenters. The van der Waals surface area contributed by atoms with E-state index in [9.17, 15) is 4.79 Å². The minimum Gasteiger partial charge on any atom is -0.366 e. The molecule has 1 heterocycles. The highest BCUT2D eigenvalue weighted by Crippen LogP contribution is 2.23.